The topological polar surface area (TPSA) is 161 Å². The molecule has 1 saturated heterocycles. The Kier molecular flexibility index (Phi) is 5.22. The summed E-state index contributed by atoms with van der Waals surface area (Å²) >= 11 is 0. The van der Waals surface area contributed by atoms with Crippen molar-refractivity contribution < 1.29 is 18.3 Å². The third-order valence-corrected chi connectivity index (χ3v) is 8.45. The van der Waals surface area contributed by atoms with Crippen LogP contribution in [-0.2, 0) is 21.4 Å². The second-order valence-corrected chi connectivity index (χ2v) is 11.1. The van der Waals surface area contributed by atoms with Gasteiger partial charge in [0.15, 0.2) is 5.82 Å². The first kappa shape index (κ1) is 22.5. The Balaban J connectivity index is 1.29. The van der Waals surface area contributed by atoms with Gasteiger partial charge in [-0.2, -0.15) is 9.19 Å². The molecule has 0 aromatic carbocycles. The van der Waals surface area contributed by atoms with E-state index in [0.717, 1.165) is 9.60 Å². The number of imidazole rings is 1. The molecule has 0 radical (unpaired) electrons. The van der Waals surface area contributed by atoms with E-state index in [0.29, 0.717) is 60.2 Å². The van der Waals surface area contributed by atoms with E-state index in [-0.39, 0.29) is 23.8 Å². The van der Waals surface area contributed by atoms with E-state index >= 15 is 0 Å². The molecule has 4 aromatic heterocycles. The summed E-state index contributed by atoms with van der Waals surface area (Å²) in [7, 11) is -1.72. The summed E-state index contributed by atoms with van der Waals surface area (Å²) in [6.07, 6.45) is 7.64. The molecule has 0 spiro atoms. The van der Waals surface area contributed by atoms with Crippen LogP contribution in [0.25, 0.3) is 22.4 Å². The number of likely N-dealkylation sites (N-methyl/N-ethyl adjacent to an activating group) is 1. The maximum absolute atomic E-state index is 12.4. The third kappa shape index (κ3) is 3.87. The number of fused-ring (bicyclic) bond motifs is 1. The molecule has 4 aromatic rings. The van der Waals surface area contributed by atoms with Crippen LogP contribution in [0.4, 0.5) is 11.6 Å². The van der Waals surface area contributed by atoms with E-state index in [1.807, 2.05) is 4.57 Å². The number of nitrogens with zero attached hydrogens (tertiary/aromatic N) is 8. The SMILES string of the molecule is CN1CC(n2c(CO)nc3cnc(Nc4ccnc(-c5cnn(S(=O)(=O)C6CC6)c5)n4)cc32)CC1=O. The zero-order valence-electron chi connectivity index (χ0n) is 19.3. The van der Waals surface area contributed by atoms with Crippen LogP contribution in [0.15, 0.2) is 36.9 Å². The fraction of sp³-hybridized carbons (Fsp3) is 0.364. The molecular weight excluding hydrogens is 486 g/mol. The van der Waals surface area contributed by atoms with Crippen molar-refractivity contribution >= 4 is 38.6 Å². The van der Waals surface area contributed by atoms with Crippen molar-refractivity contribution in [3.8, 4) is 11.4 Å². The zero-order valence-corrected chi connectivity index (χ0v) is 20.1. The van der Waals surface area contributed by atoms with E-state index in [4.69, 9.17) is 0 Å². The summed E-state index contributed by atoms with van der Waals surface area (Å²) in [5, 5.41) is 16.6. The summed E-state index contributed by atoms with van der Waals surface area (Å²) in [5.74, 6) is 1.77. The number of amides is 1. The molecule has 14 heteroatoms. The Morgan fingerprint density at radius 2 is 2.00 bits per heavy atom. The minimum absolute atomic E-state index is 0.0416. The van der Waals surface area contributed by atoms with Crippen LogP contribution in [0.1, 0.15) is 31.1 Å². The molecule has 186 valence electrons. The van der Waals surface area contributed by atoms with Gasteiger partial charge in [0.05, 0.1) is 41.0 Å². The van der Waals surface area contributed by atoms with E-state index in [1.54, 1.807) is 36.5 Å². The largest absolute Gasteiger partial charge is 0.388 e. The number of hydrogen-bond acceptors (Lipinski definition) is 10. The molecule has 0 bridgehead atoms. The Hall–Kier alpha value is -3.91. The first-order valence-corrected chi connectivity index (χ1v) is 12.9. The predicted molar refractivity (Wildman–Crippen MR) is 129 cm³/mol. The summed E-state index contributed by atoms with van der Waals surface area (Å²) < 4.78 is 27.7. The number of carbonyl (C=O) groups excluding carboxylic acids is 1. The number of aromatic nitrogens is 7. The second kappa shape index (κ2) is 8.34. The molecule has 36 heavy (non-hydrogen) atoms. The van der Waals surface area contributed by atoms with Gasteiger partial charge in [0.1, 0.15) is 29.6 Å². The average Bonchev–Trinajstić information content (AvgIpc) is 3.36. The molecule has 1 aliphatic heterocycles. The van der Waals surface area contributed by atoms with Gasteiger partial charge < -0.3 is 19.9 Å². The van der Waals surface area contributed by atoms with Crippen LogP contribution < -0.4 is 5.32 Å². The van der Waals surface area contributed by atoms with Gasteiger partial charge in [-0.25, -0.2) is 28.4 Å². The van der Waals surface area contributed by atoms with Crippen molar-refractivity contribution in [2.45, 2.75) is 37.2 Å². The molecule has 1 aliphatic carbocycles. The molecule has 1 atom stereocenters. The lowest BCUT2D eigenvalue weighted by atomic mass is 10.2. The highest BCUT2D eigenvalue weighted by Crippen LogP contribution is 2.31. The van der Waals surface area contributed by atoms with Crippen molar-refractivity contribution in [1.29, 1.82) is 0 Å². The van der Waals surface area contributed by atoms with Gasteiger partial charge in [0.2, 0.25) is 5.91 Å². The number of aliphatic hydroxyl groups excluding tert-OH is 1. The van der Waals surface area contributed by atoms with E-state index < -0.39 is 10.0 Å². The van der Waals surface area contributed by atoms with Gasteiger partial charge >= 0.3 is 0 Å². The van der Waals surface area contributed by atoms with Crippen LogP contribution in [0.5, 0.6) is 0 Å². The summed E-state index contributed by atoms with van der Waals surface area (Å²) in [5.41, 5.74) is 1.83. The van der Waals surface area contributed by atoms with Gasteiger partial charge in [-0.1, -0.05) is 0 Å². The molecule has 13 nitrogen and oxygen atoms in total. The van der Waals surface area contributed by atoms with Gasteiger partial charge in [-0.15, -0.1) is 0 Å². The number of aliphatic hydroxyl groups is 1. The molecule has 1 unspecified atom stereocenters. The minimum atomic E-state index is -3.48. The Morgan fingerprint density at radius 3 is 2.72 bits per heavy atom. The van der Waals surface area contributed by atoms with Crippen LogP contribution in [0.3, 0.4) is 0 Å². The lowest BCUT2D eigenvalue weighted by molar-refractivity contribution is -0.126. The van der Waals surface area contributed by atoms with Gasteiger partial charge in [0, 0.05) is 32.3 Å². The van der Waals surface area contributed by atoms with Crippen molar-refractivity contribution in [2.24, 2.45) is 0 Å². The number of likely N-dealkylation sites (tertiary alicyclic amines) is 1. The van der Waals surface area contributed by atoms with Gasteiger partial charge in [-0.05, 0) is 18.9 Å². The number of anilines is 2. The van der Waals surface area contributed by atoms with Crippen LogP contribution in [0.2, 0.25) is 0 Å². The van der Waals surface area contributed by atoms with E-state index in [2.05, 4.69) is 30.4 Å². The predicted octanol–water partition coefficient (Wildman–Crippen LogP) is 1.06. The molecular formula is C22H23N9O4S. The van der Waals surface area contributed by atoms with E-state index in [1.165, 1.54) is 12.4 Å². The summed E-state index contributed by atoms with van der Waals surface area (Å²) in [4.78, 5) is 31.4. The van der Waals surface area contributed by atoms with Crippen molar-refractivity contribution in [1.82, 2.24) is 38.6 Å². The Bertz CT molecular complexity index is 1590. The molecule has 1 amide bonds. The molecule has 6 rings (SSSR count). The smallest absolute Gasteiger partial charge is 0.256 e. The van der Waals surface area contributed by atoms with Gasteiger partial charge in [0.25, 0.3) is 10.0 Å². The molecule has 2 fully saturated rings. The maximum atomic E-state index is 12.4. The monoisotopic (exact) mass is 509 g/mol. The first-order chi connectivity index (χ1) is 17.3. The van der Waals surface area contributed by atoms with Crippen LogP contribution in [-0.4, -0.2) is 76.9 Å². The number of carbonyl (C=O) groups is 1. The highest BCUT2D eigenvalue weighted by Gasteiger charge is 2.37. The maximum Gasteiger partial charge on any atom is 0.256 e. The van der Waals surface area contributed by atoms with Gasteiger partial charge in [-0.3, -0.25) is 4.79 Å². The highest BCUT2D eigenvalue weighted by molar-refractivity contribution is 7.90. The lowest BCUT2D eigenvalue weighted by Crippen LogP contribution is -2.20. The summed E-state index contributed by atoms with van der Waals surface area (Å²) in [6, 6.07) is 3.33. The number of rotatable bonds is 7. The third-order valence-electron chi connectivity index (χ3n) is 6.41. The number of hydrogen-bond donors (Lipinski definition) is 2. The normalized spacial score (nSPS) is 18.3. The number of pyridine rings is 1. The quantitative estimate of drug-likeness (QED) is 0.368. The van der Waals surface area contributed by atoms with E-state index in [9.17, 15) is 18.3 Å². The fourth-order valence-corrected chi connectivity index (χ4v) is 5.90. The first-order valence-electron chi connectivity index (χ1n) is 11.4. The second-order valence-electron chi connectivity index (χ2n) is 8.98. The van der Waals surface area contributed by atoms with Crippen molar-refractivity contribution in [3.05, 3.63) is 42.7 Å². The fourth-order valence-electron chi connectivity index (χ4n) is 4.43. The average molecular weight is 510 g/mol. The molecule has 2 aliphatic rings. The van der Waals surface area contributed by atoms with Crippen LogP contribution >= 0.6 is 0 Å². The minimum Gasteiger partial charge on any atom is -0.388 e. The number of nitrogens with one attached hydrogen (secondary N) is 1. The zero-order chi connectivity index (χ0) is 25.0. The summed E-state index contributed by atoms with van der Waals surface area (Å²) in [6.45, 7) is 0.271. The van der Waals surface area contributed by atoms with Crippen molar-refractivity contribution in [2.75, 3.05) is 18.9 Å². The molecule has 5 heterocycles. The Morgan fingerprint density at radius 1 is 1.17 bits per heavy atom. The Labute approximate surface area is 205 Å². The highest BCUT2D eigenvalue weighted by atomic mass is 32.2. The van der Waals surface area contributed by atoms with Crippen LogP contribution in [0, 0.1) is 0 Å². The molecule has 2 N–H and O–H groups in total. The molecule has 1 saturated carbocycles. The standard InChI is InChI=1S/C22H23N9O4S/c1-29-11-14(6-21(29)33)31-17-7-19(24-9-16(17)26-20(31)12-32)27-18-4-5-23-22(28-18)13-8-25-30(10-13)36(34,35)15-2-3-15/h4-5,7-10,14-15,32H,2-3,6,11-12H2,1H3,(H,23,24,27,28). The van der Waals surface area contributed by atoms with Crippen molar-refractivity contribution in [3.63, 3.8) is 0 Å². The lowest BCUT2D eigenvalue weighted by Gasteiger charge is -2.16.